The fourth-order valence-electron chi connectivity index (χ4n) is 1.19. The number of hydrogen-bond acceptors (Lipinski definition) is 2. The molecule has 1 heterocycles. The van der Waals surface area contributed by atoms with Gasteiger partial charge in [0.25, 0.3) is 0 Å². The molecule has 0 saturated heterocycles. The number of benzene rings is 1. The molecule has 0 fully saturated rings. The van der Waals surface area contributed by atoms with Crippen molar-refractivity contribution in [1.29, 1.82) is 0 Å². The Balaban J connectivity index is 2.49. The molecule has 1 unspecified atom stereocenters. The summed E-state index contributed by atoms with van der Waals surface area (Å²) in [6, 6.07) is 10.1. The van der Waals surface area contributed by atoms with Crippen LogP contribution in [0.4, 0.5) is 0 Å². The van der Waals surface area contributed by atoms with E-state index in [1.54, 1.807) is 23.0 Å². The Morgan fingerprint density at radius 3 is 2.79 bits per heavy atom. The van der Waals surface area contributed by atoms with Crippen LogP contribution in [-0.4, -0.2) is 26.8 Å². The van der Waals surface area contributed by atoms with E-state index < -0.39 is 0 Å². The van der Waals surface area contributed by atoms with E-state index >= 15 is 0 Å². The van der Waals surface area contributed by atoms with Crippen molar-refractivity contribution in [3.05, 3.63) is 41.8 Å². The second kappa shape index (κ2) is 4.12. The molecule has 1 aromatic heterocycles. The summed E-state index contributed by atoms with van der Waals surface area (Å²) in [6.07, 6.45) is 1.66. The van der Waals surface area contributed by atoms with Gasteiger partial charge in [-0.15, -0.1) is 0 Å². The Labute approximate surface area is 95.9 Å². The Morgan fingerprint density at radius 1 is 1.21 bits per heavy atom. The van der Waals surface area contributed by atoms with E-state index in [0.717, 1.165) is 11.3 Å². The zero-order valence-corrected chi connectivity index (χ0v) is 10.5. The summed E-state index contributed by atoms with van der Waals surface area (Å²) in [6.45, 7) is 0. The molecule has 0 saturated carbocycles. The van der Waals surface area contributed by atoms with Crippen LogP contribution in [0.5, 0.6) is 0 Å². The molecule has 70 valence electrons. The molecule has 14 heavy (non-hydrogen) atoms. The van der Waals surface area contributed by atoms with E-state index in [1.165, 1.54) is 4.35 Å². The Hall–Kier alpha value is -0.852. The Morgan fingerprint density at radius 2 is 2.07 bits per heavy atom. The number of halogens is 1. The molecule has 0 spiro atoms. The number of hydrogen-bond donors (Lipinski definition) is 0. The molecule has 2 rings (SSSR count). The first-order valence-electron chi connectivity index (χ1n) is 4.10. The Kier molecular flexibility index (Phi) is 2.85. The van der Waals surface area contributed by atoms with Crippen LogP contribution >= 0.6 is 11.6 Å². The van der Waals surface area contributed by atoms with Crippen LogP contribution in [-0.2, 0) is 0 Å². The van der Waals surface area contributed by atoms with Crippen LogP contribution in [0, 0.1) is 0 Å². The summed E-state index contributed by atoms with van der Waals surface area (Å²) in [7, 11) is 0. The zero-order valence-electron chi connectivity index (χ0n) is 7.31. The van der Waals surface area contributed by atoms with Gasteiger partial charge in [0, 0.05) is 0 Å². The quantitative estimate of drug-likeness (QED) is 0.570. The average molecular weight is 267 g/mol. The summed E-state index contributed by atoms with van der Waals surface area (Å²) in [5.41, 5.74) is 1.95. The van der Waals surface area contributed by atoms with Crippen molar-refractivity contribution in [2.45, 2.75) is 0 Å². The average Bonchev–Trinajstić information content (AvgIpc) is 2.18. The standard InChI is InChI=1S/C10H8AsClN2/c11-8-3-1-2-7(6-8)9-4-5-13-10(12)14-9/h1-6H,11H2. The van der Waals surface area contributed by atoms with Gasteiger partial charge < -0.3 is 0 Å². The van der Waals surface area contributed by atoms with E-state index in [2.05, 4.69) is 22.1 Å². The summed E-state index contributed by atoms with van der Waals surface area (Å²) in [5.74, 6) is 0. The summed E-state index contributed by atoms with van der Waals surface area (Å²) in [4.78, 5) is 7.99. The summed E-state index contributed by atoms with van der Waals surface area (Å²) < 4.78 is 1.27. The topological polar surface area (TPSA) is 25.8 Å². The summed E-state index contributed by atoms with van der Waals surface area (Å²) >= 11 is 7.31. The molecule has 0 N–H and O–H groups in total. The van der Waals surface area contributed by atoms with E-state index in [9.17, 15) is 0 Å². The van der Waals surface area contributed by atoms with Gasteiger partial charge in [-0.3, -0.25) is 0 Å². The van der Waals surface area contributed by atoms with E-state index in [4.69, 9.17) is 11.6 Å². The molecule has 0 amide bonds. The fraction of sp³-hybridized carbons (Fsp3) is 0. The molecule has 0 aliphatic heterocycles. The predicted octanol–water partition coefficient (Wildman–Crippen LogP) is 1.06. The predicted molar refractivity (Wildman–Crippen MR) is 60.7 cm³/mol. The number of rotatable bonds is 1. The van der Waals surface area contributed by atoms with Crippen LogP contribution < -0.4 is 4.35 Å². The van der Waals surface area contributed by atoms with Gasteiger partial charge in [-0.25, -0.2) is 0 Å². The molecule has 0 aliphatic rings. The van der Waals surface area contributed by atoms with Crippen LogP contribution in [0.2, 0.25) is 5.28 Å². The number of nitrogens with zero attached hydrogens (tertiary/aromatic N) is 2. The minimum atomic E-state index is 0.287. The van der Waals surface area contributed by atoms with E-state index in [1.807, 2.05) is 18.2 Å². The SMILES string of the molecule is Clc1nccc(-c2cccc([AsH2])c2)n1. The van der Waals surface area contributed by atoms with Gasteiger partial charge in [0.05, 0.1) is 0 Å². The molecule has 2 aromatic rings. The van der Waals surface area contributed by atoms with Crippen LogP contribution in [0.25, 0.3) is 11.3 Å². The molecular formula is C10H8AsClN2. The molecule has 2 nitrogen and oxygen atoms in total. The van der Waals surface area contributed by atoms with Crippen molar-refractivity contribution in [2.75, 3.05) is 0 Å². The van der Waals surface area contributed by atoms with Gasteiger partial charge in [0.1, 0.15) is 0 Å². The molecule has 0 bridgehead atoms. The molecule has 1 aromatic carbocycles. The van der Waals surface area contributed by atoms with Crippen LogP contribution in [0.15, 0.2) is 36.5 Å². The van der Waals surface area contributed by atoms with Crippen molar-refractivity contribution in [1.82, 2.24) is 9.97 Å². The minimum absolute atomic E-state index is 0.287. The molecule has 0 aliphatic carbocycles. The normalized spacial score (nSPS) is 10.1. The van der Waals surface area contributed by atoms with Crippen LogP contribution in [0.1, 0.15) is 0 Å². The first-order chi connectivity index (χ1) is 6.75. The van der Waals surface area contributed by atoms with Crippen molar-refractivity contribution < 1.29 is 0 Å². The number of aromatic nitrogens is 2. The Bertz CT molecular complexity index is 416. The first kappa shape index (κ1) is 9.69. The van der Waals surface area contributed by atoms with Crippen molar-refractivity contribution in [3.8, 4) is 11.3 Å². The van der Waals surface area contributed by atoms with Crippen molar-refractivity contribution >= 4 is 32.8 Å². The molecule has 1 atom stereocenters. The second-order valence-electron chi connectivity index (χ2n) is 2.84. The van der Waals surface area contributed by atoms with Crippen LogP contribution in [0.3, 0.4) is 0 Å². The zero-order chi connectivity index (χ0) is 9.97. The third-order valence-corrected chi connectivity index (χ3v) is 2.74. The van der Waals surface area contributed by atoms with E-state index in [0.29, 0.717) is 0 Å². The van der Waals surface area contributed by atoms with Gasteiger partial charge in [-0.05, 0) is 0 Å². The van der Waals surface area contributed by atoms with E-state index in [-0.39, 0.29) is 5.28 Å². The van der Waals surface area contributed by atoms with Gasteiger partial charge in [-0.2, -0.15) is 0 Å². The maximum absolute atomic E-state index is 5.72. The second-order valence-corrected chi connectivity index (χ2v) is 4.57. The molecule has 4 heteroatoms. The van der Waals surface area contributed by atoms with Gasteiger partial charge in [0.2, 0.25) is 0 Å². The monoisotopic (exact) mass is 266 g/mol. The fourth-order valence-corrected chi connectivity index (χ4v) is 1.95. The van der Waals surface area contributed by atoms with Gasteiger partial charge >= 0.3 is 95.8 Å². The molecule has 0 radical (unpaired) electrons. The van der Waals surface area contributed by atoms with Gasteiger partial charge in [0.15, 0.2) is 0 Å². The van der Waals surface area contributed by atoms with Crippen molar-refractivity contribution in [2.24, 2.45) is 0 Å². The third kappa shape index (κ3) is 2.14. The first-order valence-corrected chi connectivity index (χ1v) is 5.69. The third-order valence-electron chi connectivity index (χ3n) is 1.81. The summed E-state index contributed by atoms with van der Waals surface area (Å²) in [5, 5.41) is 0.287. The maximum atomic E-state index is 5.72. The van der Waals surface area contributed by atoms with Crippen molar-refractivity contribution in [3.63, 3.8) is 0 Å². The van der Waals surface area contributed by atoms with Gasteiger partial charge in [-0.1, -0.05) is 0 Å². The molecular weight excluding hydrogens is 258 g/mol.